The minimum atomic E-state index is -0.215. The molecule has 0 saturated carbocycles. The molecule has 15 heavy (non-hydrogen) atoms. The highest BCUT2D eigenvalue weighted by Gasteiger charge is 2.15. The summed E-state index contributed by atoms with van der Waals surface area (Å²) in [6.07, 6.45) is 0.965. The largest absolute Gasteiger partial charge is 0.333 e. The molecule has 0 spiro atoms. The molecule has 0 aromatic carbocycles. The monoisotopic (exact) mass is 242 g/mol. The quantitative estimate of drug-likeness (QED) is 0.771. The zero-order chi connectivity index (χ0) is 10.8. The molecule has 3 nitrogen and oxygen atoms in total. The number of aryl methyl sites for hydroxylation is 1. The fraction of sp³-hybridized carbons (Fsp3) is 0.400. The Bertz CT molecular complexity index is 450. The summed E-state index contributed by atoms with van der Waals surface area (Å²) in [6, 6.07) is 2.08. The second kappa shape index (κ2) is 4.33. The number of alkyl halides is 1. The Balaban J connectivity index is 2.37. The highest BCUT2D eigenvalue weighted by molar-refractivity contribution is 7.13. The van der Waals surface area contributed by atoms with Crippen molar-refractivity contribution in [3.05, 3.63) is 22.8 Å². The van der Waals surface area contributed by atoms with Crippen LogP contribution in [0.1, 0.15) is 30.6 Å². The molecule has 1 atom stereocenters. The summed E-state index contributed by atoms with van der Waals surface area (Å²) in [4.78, 5) is 5.31. The fourth-order valence-electron chi connectivity index (χ4n) is 1.29. The van der Waals surface area contributed by atoms with Crippen LogP contribution in [-0.4, -0.2) is 10.1 Å². The van der Waals surface area contributed by atoms with E-state index in [9.17, 15) is 0 Å². The number of rotatable bonds is 3. The first-order valence-electron chi connectivity index (χ1n) is 4.76. The normalized spacial score (nSPS) is 13.0. The number of halogens is 1. The average molecular weight is 243 g/mol. The first-order valence-corrected chi connectivity index (χ1v) is 6.08. The molecule has 0 fully saturated rings. The van der Waals surface area contributed by atoms with Gasteiger partial charge in [0.05, 0.1) is 10.3 Å². The van der Waals surface area contributed by atoms with Gasteiger partial charge in [-0.3, -0.25) is 0 Å². The molecule has 0 N–H and O–H groups in total. The summed E-state index contributed by atoms with van der Waals surface area (Å²) in [7, 11) is 0. The third kappa shape index (κ3) is 2.06. The van der Waals surface area contributed by atoms with Crippen molar-refractivity contribution < 1.29 is 4.52 Å². The van der Waals surface area contributed by atoms with Crippen molar-refractivity contribution in [3.8, 4) is 10.8 Å². The second-order valence-corrected chi connectivity index (χ2v) is 4.77. The van der Waals surface area contributed by atoms with Gasteiger partial charge in [0.2, 0.25) is 0 Å². The van der Waals surface area contributed by atoms with Crippen molar-refractivity contribution in [1.29, 1.82) is 0 Å². The molecular weight excluding hydrogens is 232 g/mol. The van der Waals surface area contributed by atoms with E-state index in [0.29, 0.717) is 11.7 Å². The van der Waals surface area contributed by atoms with Crippen molar-refractivity contribution in [2.45, 2.75) is 25.6 Å². The lowest BCUT2D eigenvalue weighted by molar-refractivity contribution is 0.423. The van der Waals surface area contributed by atoms with Gasteiger partial charge in [-0.2, -0.15) is 4.98 Å². The Kier molecular flexibility index (Phi) is 3.07. The van der Waals surface area contributed by atoms with E-state index >= 15 is 0 Å². The molecule has 2 rings (SSSR count). The van der Waals surface area contributed by atoms with Gasteiger partial charge in [0.1, 0.15) is 0 Å². The Labute approximate surface area is 97.1 Å². The lowest BCUT2D eigenvalue weighted by Crippen LogP contribution is -1.87. The van der Waals surface area contributed by atoms with Crippen LogP contribution in [0.15, 0.2) is 16.0 Å². The van der Waals surface area contributed by atoms with Crippen LogP contribution in [0, 0.1) is 0 Å². The van der Waals surface area contributed by atoms with Gasteiger partial charge in [0.25, 0.3) is 5.89 Å². The van der Waals surface area contributed by atoms with Crippen LogP contribution in [0.3, 0.4) is 0 Å². The molecule has 0 aliphatic carbocycles. The van der Waals surface area contributed by atoms with Crippen LogP contribution in [0.4, 0.5) is 0 Å². The Morgan fingerprint density at radius 1 is 1.60 bits per heavy atom. The van der Waals surface area contributed by atoms with E-state index < -0.39 is 0 Å². The van der Waals surface area contributed by atoms with Crippen molar-refractivity contribution in [2.24, 2.45) is 0 Å². The van der Waals surface area contributed by atoms with E-state index in [0.717, 1.165) is 11.3 Å². The van der Waals surface area contributed by atoms with E-state index in [1.54, 1.807) is 11.3 Å². The lowest BCUT2D eigenvalue weighted by Gasteiger charge is -1.93. The lowest BCUT2D eigenvalue weighted by atomic mass is 10.2. The molecule has 0 amide bonds. The summed E-state index contributed by atoms with van der Waals surface area (Å²) in [5.41, 5.74) is 1.23. The first-order chi connectivity index (χ1) is 7.22. The van der Waals surface area contributed by atoms with Crippen molar-refractivity contribution >= 4 is 22.9 Å². The van der Waals surface area contributed by atoms with Crippen LogP contribution >= 0.6 is 22.9 Å². The molecule has 0 aliphatic rings. The molecule has 0 radical (unpaired) electrons. The van der Waals surface area contributed by atoms with E-state index in [2.05, 4.69) is 23.1 Å². The summed E-state index contributed by atoms with van der Waals surface area (Å²) >= 11 is 7.48. The fourth-order valence-corrected chi connectivity index (χ4v) is 2.29. The molecule has 2 aromatic heterocycles. The molecule has 80 valence electrons. The molecule has 1 unspecified atom stereocenters. The van der Waals surface area contributed by atoms with E-state index in [-0.39, 0.29) is 5.38 Å². The summed E-state index contributed by atoms with van der Waals surface area (Å²) < 4.78 is 5.18. The first kappa shape index (κ1) is 10.6. The minimum Gasteiger partial charge on any atom is -0.333 e. The van der Waals surface area contributed by atoms with E-state index in [1.807, 2.05) is 12.3 Å². The van der Waals surface area contributed by atoms with Gasteiger partial charge in [-0.1, -0.05) is 12.1 Å². The highest BCUT2D eigenvalue weighted by atomic mass is 35.5. The number of thiophene rings is 1. The number of nitrogens with zero attached hydrogens (tertiary/aromatic N) is 2. The average Bonchev–Trinajstić information content (AvgIpc) is 2.85. The van der Waals surface area contributed by atoms with E-state index in [1.165, 1.54) is 5.56 Å². The van der Waals surface area contributed by atoms with Gasteiger partial charge in [-0.25, -0.2) is 0 Å². The van der Waals surface area contributed by atoms with E-state index in [4.69, 9.17) is 16.1 Å². The summed E-state index contributed by atoms with van der Waals surface area (Å²) in [6.45, 7) is 3.93. The zero-order valence-electron chi connectivity index (χ0n) is 8.53. The van der Waals surface area contributed by atoms with Gasteiger partial charge >= 0.3 is 0 Å². The molecule has 5 heteroatoms. The summed E-state index contributed by atoms with van der Waals surface area (Å²) in [5.74, 6) is 1.12. The maximum Gasteiger partial charge on any atom is 0.268 e. The molecule has 0 bridgehead atoms. The molecular formula is C10H11ClN2OS. The van der Waals surface area contributed by atoms with Gasteiger partial charge in [0.15, 0.2) is 5.82 Å². The second-order valence-electron chi connectivity index (χ2n) is 3.20. The topological polar surface area (TPSA) is 38.9 Å². The van der Waals surface area contributed by atoms with Crippen LogP contribution in [-0.2, 0) is 6.42 Å². The third-order valence-electron chi connectivity index (χ3n) is 2.12. The minimum absolute atomic E-state index is 0.215. The van der Waals surface area contributed by atoms with Crippen LogP contribution < -0.4 is 0 Å². The SMILES string of the molecule is CCc1ccsc1-c1nc(C(C)Cl)no1. The van der Waals surface area contributed by atoms with Gasteiger partial charge in [0, 0.05) is 0 Å². The van der Waals surface area contributed by atoms with Crippen LogP contribution in [0.2, 0.25) is 0 Å². The Hall–Kier alpha value is -0.870. The van der Waals surface area contributed by atoms with Gasteiger partial charge < -0.3 is 4.52 Å². The Morgan fingerprint density at radius 2 is 2.40 bits per heavy atom. The van der Waals surface area contributed by atoms with Crippen LogP contribution in [0.5, 0.6) is 0 Å². The van der Waals surface area contributed by atoms with Crippen molar-refractivity contribution in [3.63, 3.8) is 0 Å². The number of hydrogen-bond acceptors (Lipinski definition) is 4. The highest BCUT2D eigenvalue weighted by Crippen LogP contribution is 2.29. The van der Waals surface area contributed by atoms with Crippen molar-refractivity contribution in [1.82, 2.24) is 10.1 Å². The zero-order valence-corrected chi connectivity index (χ0v) is 10.1. The molecule has 2 heterocycles. The number of aromatic nitrogens is 2. The maximum absolute atomic E-state index is 5.87. The van der Waals surface area contributed by atoms with Crippen molar-refractivity contribution in [2.75, 3.05) is 0 Å². The molecule has 2 aromatic rings. The molecule has 0 aliphatic heterocycles. The smallest absolute Gasteiger partial charge is 0.268 e. The predicted molar refractivity (Wildman–Crippen MR) is 61.3 cm³/mol. The number of hydrogen-bond donors (Lipinski definition) is 0. The Morgan fingerprint density at radius 3 is 3.00 bits per heavy atom. The maximum atomic E-state index is 5.87. The van der Waals surface area contributed by atoms with Crippen LogP contribution in [0.25, 0.3) is 10.8 Å². The van der Waals surface area contributed by atoms with Gasteiger partial charge in [-0.15, -0.1) is 22.9 Å². The summed E-state index contributed by atoms with van der Waals surface area (Å²) in [5, 5.41) is 5.65. The van der Waals surface area contributed by atoms with Gasteiger partial charge in [-0.05, 0) is 30.4 Å². The predicted octanol–water partition coefficient (Wildman–Crippen LogP) is 3.66. The standard InChI is InChI=1S/C10H11ClN2OS/c1-3-7-4-5-15-8(7)10-12-9(6(2)11)13-14-10/h4-6H,3H2,1-2H3. The molecule has 0 saturated heterocycles. The third-order valence-corrected chi connectivity index (χ3v) is 3.26.